The maximum atomic E-state index is 12.9. The van der Waals surface area contributed by atoms with Gasteiger partial charge < -0.3 is 14.6 Å². The third kappa shape index (κ3) is 4.74. The molecule has 0 aliphatic carbocycles. The highest BCUT2D eigenvalue weighted by molar-refractivity contribution is 6.30. The van der Waals surface area contributed by atoms with E-state index in [-0.39, 0.29) is 25.2 Å². The average Bonchev–Trinajstić information content (AvgIpc) is 3.46. The number of fused-ring (bicyclic) bond motifs is 1. The van der Waals surface area contributed by atoms with Crippen molar-refractivity contribution in [1.29, 1.82) is 0 Å². The SMILES string of the molecule is Cc1ccc2nc(COCC(=O)N3CCC[C@H]3c3ccnc(-c4cccc(Cl)c4)n3)[nH]c2c1. The van der Waals surface area contributed by atoms with Gasteiger partial charge in [-0.25, -0.2) is 15.0 Å². The molecule has 1 aliphatic heterocycles. The minimum atomic E-state index is -0.0868. The van der Waals surface area contributed by atoms with Gasteiger partial charge in [-0.15, -0.1) is 0 Å². The number of imidazole rings is 1. The van der Waals surface area contributed by atoms with E-state index in [2.05, 4.69) is 15.0 Å². The molecule has 0 bridgehead atoms. The maximum Gasteiger partial charge on any atom is 0.249 e. The summed E-state index contributed by atoms with van der Waals surface area (Å²) in [5.41, 5.74) is 4.71. The zero-order valence-corrected chi connectivity index (χ0v) is 19.0. The molecule has 3 heterocycles. The van der Waals surface area contributed by atoms with Gasteiger partial charge in [0.2, 0.25) is 5.91 Å². The van der Waals surface area contributed by atoms with Gasteiger partial charge >= 0.3 is 0 Å². The molecule has 0 radical (unpaired) electrons. The second kappa shape index (κ2) is 9.29. The molecule has 0 unspecified atom stereocenters. The van der Waals surface area contributed by atoms with Crippen molar-refractivity contribution in [2.45, 2.75) is 32.4 Å². The Morgan fingerprint density at radius 3 is 3.00 bits per heavy atom. The van der Waals surface area contributed by atoms with E-state index in [0.29, 0.717) is 23.2 Å². The number of amides is 1. The molecule has 1 fully saturated rings. The van der Waals surface area contributed by atoms with Crippen LogP contribution in [0.3, 0.4) is 0 Å². The predicted octanol–water partition coefficient (Wildman–Crippen LogP) is 4.86. The van der Waals surface area contributed by atoms with Crippen LogP contribution in [0.25, 0.3) is 22.4 Å². The van der Waals surface area contributed by atoms with Crippen molar-refractivity contribution in [1.82, 2.24) is 24.8 Å². The summed E-state index contributed by atoms with van der Waals surface area (Å²) in [5, 5.41) is 0.635. The van der Waals surface area contributed by atoms with Crippen molar-refractivity contribution in [3.63, 3.8) is 0 Å². The third-order valence-electron chi connectivity index (χ3n) is 5.83. The molecule has 1 atom stereocenters. The largest absolute Gasteiger partial charge is 0.364 e. The van der Waals surface area contributed by atoms with E-state index in [9.17, 15) is 4.79 Å². The minimum Gasteiger partial charge on any atom is -0.364 e. The fourth-order valence-electron chi connectivity index (χ4n) is 4.26. The van der Waals surface area contributed by atoms with E-state index in [4.69, 9.17) is 21.3 Å². The van der Waals surface area contributed by atoms with Crippen LogP contribution in [0.4, 0.5) is 0 Å². The third-order valence-corrected chi connectivity index (χ3v) is 6.06. The summed E-state index contributed by atoms with van der Waals surface area (Å²) in [7, 11) is 0. The molecule has 8 heteroatoms. The lowest BCUT2D eigenvalue weighted by atomic mass is 10.1. The Morgan fingerprint density at radius 1 is 1.21 bits per heavy atom. The minimum absolute atomic E-state index is 0.00118. The standard InChI is InChI=1S/C25H24ClN5O2/c1-16-7-8-19-21(12-16)29-23(28-19)14-33-15-24(32)31-11-3-6-22(31)20-9-10-27-25(30-20)17-4-2-5-18(26)13-17/h2,4-5,7-10,12-13,22H,3,6,11,14-15H2,1H3,(H,28,29)/t22-/m0/s1. The Hall–Kier alpha value is -3.29. The molecule has 0 saturated carbocycles. The second-order valence-corrected chi connectivity index (χ2v) is 8.69. The molecule has 2 aromatic carbocycles. The predicted molar refractivity (Wildman–Crippen MR) is 127 cm³/mol. The molecule has 5 rings (SSSR count). The van der Waals surface area contributed by atoms with Crippen LogP contribution in [0, 0.1) is 6.92 Å². The van der Waals surface area contributed by atoms with Gasteiger partial charge in [-0.3, -0.25) is 4.79 Å². The molecule has 1 N–H and O–H groups in total. The van der Waals surface area contributed by atoms with E-state index < -0.39 is 0 Å². The molecule has 7 nitrogen and oxygen atoms in total. The first-order valence-electron chi connectivity index (χ1n) is 11.0. The van der Waals surface area contributed by atoms with Gasteiger partial charge in [-0.1, -0.05) is 29.8 Å². The lowest BCUT2D eigenvalue weighted by Gasteiger charge is -2.24. The summed E-state index contributed by atoms with van der Waals surface area (Å²) in [5.74, 6) is 1.27. The lowest BCUT2D eigenvalue weighted by molar-refractivity contribution is -0.137. The Bertz CT molecular complexity index is 1300. The number of carbonyl (C=O) groups is 1. The van der Waals surface area contributed by atoms with Crippen LogP contribution in [-0.4, -0.2) is 43.9 Å². The highest BCUT2D eigenvalue weighted by Crippen LogP contribution is 2.32. The second-order valence-electron chi connectivity index (χ2n) is 8.26. The van der Waals surface area contributed by atoms with Gasteiger partial charge in [0, 0.05) is 23.3 Å². The molecular formula is C25H24ClN5O2. The Kier molecular flexibility index (Phi) is 6.07. The van der Waals surface area contributed by atoms with Crippen LogP contribution in [0.15, 0.2) is 54.7 Å². The van der Waals surface area contributed by atoms with Crippen molar-refractivity contribution in [2.24, 2.45) is 0 Å². The molecule has 1 aliphatic rings. The number of aryl methyl sites for hydroxylation is 1. The fraction of sp³-hybridized carbons (Fsp3) is 0.280. The van der Waals surface area contributed by atoms with Crippen LogP contribution >= 0.6 is 11.6 Å². The first-order chi connectivity index (χ1) is 16.1. The highest BCUT2D eigenvalue weighted by atomic mass is 35.5. The van der Waals surface area contributed by atoms with Crippen molar-refractivity contribution in [2.75, 3.05) is 13.2 Å². The molecule has 0 spiro atoms. The van der Waals surface area contributed by atoms with Gasteiger partial charge in [-0.2, -0.15) is 0 Å². The highest BCUT2D eigenvalue weighted by Gasteiger charge is 2.31. The molecule has 33 heavy (non-hydrogen) atoms. The van der Waals surface area contributed by atoms with Crippen LogP contribution in [0.1, 0.15) is 36.0 Å². The lowest BCUT2D eigenvalue weighted by Crippen LogP contribution is -2.34. The number of hydrogen-bond donors (Lipinski definition) is 1. The van der Waals surface area contributed by atoms with Crippen molar-refractivity contribution in [3.05, 3.63) is 76.8 Å². The fourth-order valence-corrected chi connectivity index (χ4v) is 4.45. The summed E-state index contributed by atoms with van der Waals surface area (Å²) >= 11 is 6.12. The number of rotatable bonds is 6. The van der Waals surface area contributed by atoms with Gasteiger partial charge in [0.1, 0.15) is 19.0 Å². The first kappa shape index (κ1) is 21.6. The summed E-state index contributed by atoms with van der Waals surface area (Å²) < 4.78 is 5.71. The maximum absolute atomic E-state index is 12.9. The molecule has 2 aromatic heterocycles. The summed E-state index contributed by atoms with van der Waals surface area (Å²) in [4.78, 5) is 31.7. The Labute approximate surface area is 196 Å². The molecule has 4 aromatic rings. The van der Waals surface area contributed by atoms with Crippen molar-refractivity contribution in [3.8, 4) is 11.4 Å². The molecule has 1 saturated heterocycles. The number of nitrogens with one attached hydrogen (secondary N) is 1. The Balaban J connectivity index is 1.24. The van der Waals surface area contributed by atoms with Gasteiger partial charge in [0.05, 0.1) is 22.8 Å². The molecule has 168 valence electrons. The van der Waals surface area contributed by atoms with E-state index in [1.807, 2.05) is 60.4 Å². The van der Waals surface area contributed by atoms with Crippen molar-refractivity contribution < 1.29 is 9.53 Å². The number of carbonyl (C=O) groups excluding carboxylic acids is 1. The summed E-state index contributed by atoms with van der Waals surface area (Å²) in [6, 6.07) is 15.3. The van der Waals surface area contributed by atoms with Crippen molar-refractivity contribution >= 4 is 28.5 Å². The van der Waals surface area contributed by atoms with Crippen LogP contribution < -0.4 is 0 Å². The number of nitrogens with zero attached hydrogens (tertiary/aromatic N) is 4. The number of H-pyrrole nitrogens is 1. The zero-order valence-electron chi connectivity index (χ0n) is 18.3. The monoisotopic (exact) mass is 461 g/mol. The van der Waals surface area contributed by atoms with E-state index in [1.54, 1.807) is 6.20 Å². The van der Waals surface area contributed by atoms with Gasteiger partial charge in [-0.05, 0) is 55.7 Å². The zero-order chi connectivity index (χ0) is 22.8. The normalized spacial score (nSPS) is 15.9. The molecular weight excluding hydrogens is 438 g/mol. The van der Waals surface area contributed by atoms with E-state index in [0.717, 1.165) is 40.7 Å². The number of hydrogen-bond acceptors (Lipinski definition) is 5. The first-order valence-corrected chi connectivity index (χ1v) is 11.4. The topological polar surface area (TPSA) is 84.0 Å². The summed E-state index contributed by atoms with van der Waals surface area (Å²) in [6.45, 7) is 2.98. The Morgan fingerprint density at radius 2 is 2.12 bits per heavy atom. The number of aromatic nitrogens is 4. The number of benzene rings is 2. The average molecular weight is 462 g/mol. The van der Waals surface area contributed by atoms with E-state index in [1.165, 1.54) is 0 Å². The number of aromatic amines is 1. The quantitative estimate of drug-likeness (QED) is 0.443. The number of halogens is 1. The van der Waals surface area contributed by atoms with Crippen LogP contribution in [-0.2, 0) is 16.1 Å². The van der Waals surface area contributed by atoms with Crippen LogP contribution in [0.5, 0.6) is 0 Å². The smallest absolute Gasteiger partial charge is 0.249 e. The number of likely N-dealkylation sites (tertiary alicyclic amines) is 1. The van der Waals surface area contributed by atoms with Gasteiger partial charge in [0.25, 0.3) is 0 Å². The van der Waals surface area contributed by atoms with Gasteiger partial charge in [0.15, 0.2) is 5.82 Å². The number of ether oxygens (including phenoxy) is 1. The van der Waals surface area contributed by atoms with E-state index >= 15 is 0 Å². The molecule has 1 amide bonds. The summed E-state index contributed by atoms with van der Waals surface area (Å²) in [6.07, 6.45) is 3.52. The van der Waals surface area contributed by atoms with Crippen LogP contribution in [0.2, 0.25) is 5.02 Å².